The average Bonchev–Trinajstić information content (AvgIpc) is 3.11. The third-order valence-corrected chi connectivity index (χ3v) is 3.54. The van der Waals surface area contributed by atoms with Gasteiger partial charge in [0.2, 0.25) is 0 Å². The number of pyridine rings is 1. The molecule has 3 rings (SSSR count). The number of nitriles is 2. The summed E-state index contributed by atoms with van der Waals surface area (Å²) in [6.45, 7) is 0.442. The Hall–Kier alpha value is -3.90. The van der Waals surface area contributed by atoms with E-state index in [4.69, 9.17) is 10.5 Å². The Balaban J connectivity index is 1.95. The topological polar surface area (TPSA) is 90.3 Å². The monoisotopic (exact) mass is 326 g/mol. The first-order chi connectivity index (χ1) is 12.3. The molecule has 0 saturated carbocycles. The summed E-state index contributed by atoms with van der Waals surface area (Å²) in [5.41, 5.74) is 3.70. The van der Waals surface area contributed by atoms with Crippen LogP contribution < -0.4 is 5.32 Å². The first-order valence-electron chi connectivity index (χ1n) is 7.60. The minimum Gasteiger partial charge on any atom is -0.385 e. The van der Waals surface area contributed by atoms with Crippen molar-refractivity contribution in [2.75, 3.05) is 0 Å². The van der Waals surface area contributed by atoms with E-state index in [2.05, 4.69) is 15.4 Å². The van der Waals surface area contributed by atoms with Crippen molar-refractivity contribution in [2.45, 2.75) is 6.54 Å². The van der Waals surface area contributed by atoms with Crippen LogP contribution in [0.25, 0.3) is 16.9 Å². The molecule has 1 N–H and O–H groups in total. The molecule has 6 heteroatoms. The lowest BCUT2D eigenvalue weighted by Gasteiger charge is -2.02. The molecule has 3 aromatic rings. The molecular formula is C19H14N6. The first kappa shape index (κ1) is 16.0. The Labute approximate surface area is 145 Å². The Bertz CT molecular complexity index is 943. The minimum atomic E-state index is 0.0286. The number of hydrogen-bond acceptors (Lipinski definition) is 5. The maximum absolute atomic E-state index is 8.80. The van der Waals surface area contributed by atoms with Crippen LogP contribution in [0.15, 0.2) is 72.8 Å². The van der Waals surface area contributed by atoms with Crippen LogP contribution in [-0.4, -0.2) is 14.8 Å². The molecule has 0 saturated heterocycles. The van der Waals surface area contributed by atoms with Gasteiger partial charge in [0.05, 0.1) is 11.4 Å². The summed E-state index contributed by atoms with van der Waals surface area (Å²) in [5.74, 6) is 0. The number of rotatable bonds is 5. The number of nitrogens with one attached hydrogen (secondary N) is 1. The van der Waals surface area contributed by atoms with Crippen molar-refractivity contribution in [3.63, 3.8) is 0 Å². The van der Waals surface area contributed by atoms with E-state index in [0.717, 1.165) is 22.5 Å². The predicted octanol–water partition coefficient (Wildman–Crippen LogP) is 2.95. The summed E-state index contributed by atoms with van der Waals surface area (Å²) in [4.78, 5) is 4.04. The second-order valence-corrected chi connectivity index (χ2v) is 5.18. The summed E-state index contributed by atoms with van der Waals surface area (Å²) < 4.78 is 1.81. The zero-order valence-electron chi connectivity index (χ0n) is 13.3. The van der Waals surface area contributed by atoms with Gasteiger partial charge in [0.15, 0.2) is 0 Å². The van der Waals surface area contributed by atoms with Gasteiger partial charge in [-0.25, -0.2) is 4.68 Å². The van der Waals surface area contributed by atoms with E-state index < -0.39 is 0 Å². The number of benzene rings is 1. The maximum atomic E-state index is 8.80. The molecule has 0 aliphatic heterocycles. The first-order valence-corrected chi connectivity index (χ1v) is 7.60. The standard InChI is InChI=1S/C19H14N6/c20-10-15(11-21)12-23-13-17-14-25(18-4-2-1-3-5-18)24-19(17)16-6-8-22-9-7-16/h1-9,12,14,23H,13H2. The number of hydrogen-bond donors (Lipinski definition) is 1. The molecule has 0 aliphatic carbocycles. The van der Waals surface area contributed by atoms with E-state index in [1.165, 1.54) is 6.20 Å². The molecule has 25 heavy (non-hydrogen) atoms. The number of nitrogens with zero attached hydrogens (tertiary/aromatic N) is 5. The zero-order valence-corrected chi connectivity index (χ0v) is 13.3. The van der Waals surface area contributed by atoms with Crippen molar-refractivity contribution in [3.8, 4) is 29.1 Å². The van der Waals surface area contributed by atoms with Gasteiger partial charge in [-0.15, -0.1) is 0 Å². The van der Waals surface area contributed by atoms with Gasteiger partial charge in [0.25, 0.3) is 0 Å². The van der Waals surface area contributed by atoms with Crippen LogP contribution in [0.3, 0.4) is 0 Å². The molecule has 0 bridgehead atoms. The Kier molecular flexibility index (Phi) is 4.84. The zero-order chi connectivity index (χ0) is 17.5. The van der Waals surface area contributed by atoms with Gasteiger partial charge in [-0.1, -0.05) is 18.2 Å². The molecule has 0 radical (unpaired) electrons. The van der Waals surface area contributed by atoms with Crippen LogP contribution in [0.2, 0.25) is 0 Å². The molecule has 6 nitrogen and oxygen atoms in total. The van der Waals surface area contributed by atoms with Gasteiger partial charge in [0, 0.05) is 42.5 Å². The molecule has 1 aromatic carbocycles. The lowest BCUT2D eigenvalue weighted by molar-refractivity contribution is 0.860. The number of aromatic nitrogens is 3. The fourth-order valence-corrected chi connectivity index (χ4v) is 2.36. The van der Waals surface area contributed by atoms with Gasteiger partial charge in [0.1, 0.15) is 17.7 Å². The molecule has 0 fully saturated rings. The lowest BCUT2D eigenvalue weighted by Crippen LogP contribution is -2.06. The van der Waals surface area contributed by atoms with Crippen molar-refractivity contribution < 1.29 is 0 Å². The second kappa shape index (κ2) is 7.58. The summed E-state index contributed by atoms with van der Waals surface area (Å²) in [7, 11) is 0. The van der Waals surface area contributed by atoms with Crippen molar-refractivity contribution in [3.05, 3.63) is 78.4 Å². The van der Waals surface area contributed by atoms with Gasteiger partial charge in [-0.3, -0.25) is 4.98 Å². The predicted molar refractivity (Wildman–Crippen MR) is 92.9 cm³/mol. The van der Waals surface area contributed by atoms with Gasteiger partial charge in [-0.05, 0) is 24.3 Å². The Morgan fingerprint density at radius 1 is 1.08 bits per heavy atom. The molecular weight excluding hydrogens is 312 g/mol. The Morgan fingerprint density at radius 3 is 2.48 bits per heavy atom. The van der Waals surface area contributed by atoms with E-state index in [0.29, 0.717) is 6.54 Å². The minimum absolute atomic E-state index is 0.0286. The smallest absolute Gasteiger partial charge is 0.145 e. The highest BCUT2D eigenvalue weighted by molar-refractivity contribution is 5.62. The summed E-state index contributed by atoms with van der Waals surface area (Å²) in [6, 6.07) is 17.3. The quantitative estimate of drug-likeness (QED) is 0.728. The molecule has 0 unspecified atom stereocenters. The highest BCUT2D eigenvalue weighted by Crippen LogP contribution is 2.23. The molecule has 0 aliphatic rings. The van der Waals surface area contributed by atoms with Crippen LogP contribution in [-0.2, 0) is 6.54 Å². The fourth-order valence-electron chi connectivity index (χ4n) is 2.36. The van der Waals surface area contributed by atoms with Crippen LogP contribution in [0.4, 0.5) is 0 Å². The van der Waals surface area contributed by atoms with Gasteiger partial charge >= 0.3 is 0 Å². The average molecular weight is 326 g/mol. The van der Waals surface area contributed by atoms with E-state index in [-0.39, 0.29) is 5.57 Å². The summed E-state index contributed by atoms with van der Waals surface area (Å²) in [5, 5.41) is 25.3. The number of allylic oxidation sites excluding steroid dienone is 1. The molecule has 0 spiro atoms. The third kappa shape index (κ3) is 3.72. The van der Waals surface area contributed by atoms with Crippen LogP contribution in [0.5, 0.6) is 0 Å². The molecule has 2 aromatic heterocycles. The maximum Gasteiger partial charge on any atom is 0.145 e. The molecule has 0 amide bonds. The molecule has 2 heterocycles. The summed E-state index contributed by atoms with van der Waals surface area (Å²) in [6.07, 6.45) is 6.79. The van der Waals surface area contributed by atoms with Gasteiger partial charge in [-0.2, -0.15) is 15.6 Å². The fraction of sp³-hybridized carbons (Fsp3) is 0.0526. The largest absolute Gasteiger partial charge is 0.385 e. The van der Waals surface area contributed by atoms with Gasteiger partial charge < -0.3 is 5.32 Å². The molecule has 0 atom stereocenters. The van der Waals surface area contributed by atoms with E-state index in [9.17, 15) is 0 Å². The lowest BCUT2D eigenvalue weighted by atomic mass is 10.1. The number of para-hydroxylation sites is 1. The highest BCUT2D eigenvalue weighted by Gasteiger charge is 2.11. The van der Waals surface area contributed by atoms with E-state index in [1.807, 2.05) is 65.5 Å². The van der Waals surface area contributed by atoms with E-state index in [1.54, 1.807) is 12.4 Å². The second-order valence-electron chi connectivity index (χ2n) is 5.18. The van der Waals surface area contributed by atoms with Crippen LogP contribution in [0, 0.1) is 22.7 Å². The van der Waals surface area contributed by atoms with Crippen molar-refractivity contribution >= 4 is 0 Å². The normalized spacial score (nSPS) is 9.68. The van der Waals surface area contributed by atoms with Crippen LogP contribution >= 0.6 is 0 Å². The van der Waals surface area contributed by atoms with Crippen molar-refractivity contribution in [1.82, 2.24) is 20.1 Å². The van der Waals surface area contributed by atoms with Crippen molar-refractivity contribution in [1.29, 1.82) is 10.5 Å². The Morgan fingerprint density at radius 2 is 1.80 bits per heavy atom. The third-order valence-electron chi connectivity index (χ3n) is 3.54. The summed E-state index contributed by atoms with van der Waals surface area (Å²) >= 11 is 0. The van der Waals surface area contributed by atoms with E-state index >= 15 is 0 Å². The van der Waals surface area contributed by atoms with Crippen molar-refractivity contribution in [2.24, 2.45) is 0 Å². The SMILES string of the molecule is N#CC(C#N)=CNCc1cn(-c2ccccc2)nc1-c1ccncc1. The highest BCUT2D eigenvalue weighted by atomic mass is 15.3. The molecule has 120 valence electrons. The van der Waals surface area contributed by atoms with Crippen LogP contribution in [0.1, 0.15) is 5.56 Å².